The Morgan fingerprint density at radius 3 is 2.78 bits per heavy atom. The van der Waals surface area contributed by atoms with Crippen molar-refractivity contribution in [1.29, 1.82) is 0 Å². The van der Waals surface area contributed by atoms with Crippen LogP contribution in [-0.4, -0.2) is 66.1 Å². The molecule has 1 aliphatic heterocycles. The molecule has 6 nitrogen and oxygen atoms in total. The first-order valence-electron chi connectivity index (χ1n) is 9.63. The zero-order chi connectivity index (χ0) is 19.2. The summed E-state index contributed by atoms with van der Waals surface area (Å²) in [5.41, 5.74) is 1.02. The average molecular weight is 370 g/mol. The predicted octanol–water partition coefficient (Wildman–Crippen LogP) is 2.40. The van der Waals surface area contributed by atoms with Crippen LogP contribution in [0.3, 0.4) is 0 Å². The lowest BCUT2D eigenvalue weighted by Gasteiger charge is -2.33. The first-order valence-corrected chi connectivity index (χ1v) is 9.63. The van der Waals surface area contributed by atoms with Crippen LogP contribution in [0.4, 0.5) is 0 Å². The third kappa shape index (κ3) is 5.10. The van der Waals surface area contributed by atoms with Gasteiger partial charge in [-0.2, -0.15) is 0 Å². The van der Waals surface area contributed by atoms with E-state index in [-0.39, 0.29) is 5.91 Å². The third-order valence-corrected chi connectivity index (χ3v) is 5.19. The van der Waals surface area contributed by atoms with Crippen LogP contribution in [0.5, 0.6) is 5.75 Å². The normalized spacial score (nSPS) is 17.3. The Hall–Kier alpha value is -2.34. The Morgan fingerprint density at radius 2 is 2.07 bits per heavy atom. The van der Waals surface area contributed by atoms with Crippen molar-refractivity contribution in [3.05, 3.63) is 48.0 Å². The molecule has 0 bridgehead atoms. The van der Waals surface area contributed by atoms with E-state index in [0.29, 0.717) is 12.3 Å². The molecule has 3 rings (SSSR count). The molecule has 1 saturated heterocycles. The lowest BCUT2D eigenvalue weighted by atomic mass is 9.96. The second-order valence-electron chi connectivity index (χ2n) is 7.49. The largest absolute Gasteiger partial charge is 0.497 e. The summed E-state index contributed by atoms with van der Waals surface area (Å²) in [6, 6.07) is 7.74. The molecule has 0 N–H and O–H groups in total. The quantitative estimate of drug-likeness (QED) is 0.751. The molecule has 0 unspecified atom stereocenters. The standard InChI is InChI=1S/C21H30N4O2/c1-23(2)13-14-24-12-10-22-21(24)18-5-4-11-25(16-18)20(26)15-17-6-8-19(27-3)9-7-17/h6-10,12,18H,4-5,11,13-16H2,1-3H3/t18-/m0/s1. The Kier molecular flexibility index (Phi) is 6.50. The zero-order valence-electron chi connectivity index (χ0n) is 16.6. The van der Waals surface area contributed by atoms with Crippen LogP contribution < -0.4 is 4.74 Å². The maximum Gasteiger partial charge on any atom is 0.227 e. The van der Waals surface area contributed by atoms with Gasteiger partial charge in [0.2, 0.25) is 5.91 Å². The van der Waals surface area contributed by atoms with Gasteiger partial charge in [-0.3, -0.25) is 4.79 Å². The summed E-state index contributed by atoms with van der Waals surface area (Å²) in [7, 11) is 5.81. The molecular formula is C21H30N4O2. The molecule has 27 heavy (non-hydrogen) atoms. The van der Waals surface area contributed by atoms with Gasteiger partial charge in [0.05, 0.1) is 13.5 Å². The summed E-state index contributed by atoms with van der Waals surface area (Å²) in [6.07, 6.45) is 6.48. The zero-order valence-corrected chi connectivity index (χ0v) is 16.6. The van der Waals surface area contributed by atoms with E-state index in [0.717, 1.165) is 56.2 Å². The van der Waals surface area contributed by atoms with Crippen LogP contribution in [0.25, 0.3) is 0 Å². The van der Waals surface area contributed by atoms with Crippen LogP contribution >= 0.6 is 0 Å². The summed E-state index contributed by atoms with van der Waals surface area (Å²) < 4.78 is 7.42. The van der Waals surface area contributed by atoms with Crippen molar-refractivity contribution < 1.29 is 9.53 Å². The molecule has 0 aliphatic carbocycles. The fraction of sp³-hybridized carbons (Fsp3) is 0.524. The number of ether oxygens (including phenoxy) is 1. The Morgan fingerprint density at radius 1 is 1.30 bits per heavy atom. The van der Waals surface area contributed by atoms with Gasteiger partial charge in [-0.05, 0) is 44.6 Å². The van der Waals surface area contributed by atoms with Crippen molar-refractivity contribution in [2.45, 2.75) is 31.7 Å². The van der Waals surface area contributed by atoms with E-state index >= 15 is 0 Å². The molecule has 146 valence electrons. The Labute approximate surface area is 161 Å². The summed E-state index contributed by atoms with van der Waals surface area (Å²) in [6.45, 7) is 3.51. The number of methoxy groups -OCH3 is 1. The van der Waals surface area contributed by atoms with Gasteiger partial charge in [0.15, 0.2) is 0 Å². The topological polar surface area (TPSA) is 50.6 Å². The van der Waals surface area contributed by atoms with E-state index in [1.54, 1.807) is 7.11 Å². The molecule has 0 radical (unpaired) electrons. The van der Waals surface area contributed by atoms with Gasteiger partial charge < -0.3 is 19.1 Å². The van der Waals surface area contributed by atoms with Crippen molar-refractivity contribution >= 4 is 5.91 Å². The fourth-order valence-corrected chi connectivity index (χ4v) is 3.62. The molecule has 6 heteroatoms. The average Bonchev–Trinajstić information content (AvgIpc) is 3.15. The number of hydrogen-bond acceptors (Lipinski definition) is 4. The van der Waals surface area contributed by atoms with Crippen molar-refractivity contribution in [2.24, 2.45) is 0 Å². The van der Waals surface area contributed by atoms with E-state index in [1.807, 2.05) is 35.4 Å². The number of aromatic nitrogens is 2. The number of carbonyl (C=O) groups is 1. The first-order chi connectivity index (χ1) is 13.1. The SMILES string of the molecule is COc1ccc(CC(=O)N2CCC[C@H](c3nccn3CCN(C)C)C2)cc1. The number of amides is 1. The monoisotopic (exact) mass is 370 g/mol. The minimum absolute atomic E-state index is 0.191. The van der Waals surface area contributed by atoms with Gasteiger partial charge in [-0.1, -0.05) is 12.1 Å². The molecule has 1 fully saturated rings. The highest BCUT2D eigenvalue weighted by atomic mass is 16.5. The van der Waals surface area contributed by atoms with Gasteiger partial charge in [-0.25, -0.2) is 4.98 Å². The number of piperidine rings is 1. The summed E-state index contributed by atoms with van der Waals surface area (Å²) in [5, 5.41) is 0. The van der Waals surface area contributed by atoms with Crippen molar-refractivity contribution in [3.63, 3.8) is 0 Å². The molecule has 1 aliphatic rings. The van der Waals surface area contributed by atoms with E-state index in [4.69, 9.17) is 4.74 Å². The number of likely N-dealkylation sites (N-methyl/N-ethyl adjacent to an activating group) is 1. The second-order valence-corrected chi connectivity index (χ2v) is 7.49. The lowest BCUT2D eigenvalue weighted by Crippen LogP contribution is -2.40. The highest BCUT2D eigenvalue weighted by Gasteiger charge is 2.27. The molecule has 0 spiro atoms. The molecule has 1 aromatic carbocycles. The molecular weight excluding hydrogens is 340 g/mol. The van der Waals surface area contributed by atoms with Crippen molar-refractivity contribution in [3.8, 4) is 5.75 Å². The van der Waals surface area contributed by atoms with E-state index in [9.17, 15) is 4.79 Å². The van der Waals surface area contributed by atoms with Gasteiger partial charge >= 0.3 is 0 Å². The molecule has 2 aromatic rings. The number of nitrogens with zero attached hydrogens (tertiary/aromatic N) is 4. The van der Waals surface area contributed by atoms with Gasteiger partial charge in [0.25, 0.3) is 0 Å². The lowest BCUT2D eigenvalue weighted by molar-refractivity contribution is -0.131. The minimum atomic E-state index is 0.191. The summed E-state index contributed by atoms with van der Waals surface area (Å²) >= 11 is 0. The number of imidazole rings is 1. The van der Waals surface area contributed by atoms with Crippen LogP contribution in [0.15, 0.2) is 36.7 Å². The summed E-state index contributed by atoms with van der Waals surface area (Å²) in [5.74, 6) is 2.43. The highest BCUT2D eigenvalue weighted by molar-refractivity contribution is 5.79. The number of benzene rings is 1. The maximum atomic E-state index is 12.8. The summed E-state index contributed by atoms with van der Waals surface area (Å²) in [4.78, 5) is 21.6. The van der Waals surface area contributed by atoms with Crippen LogP contribution in [-0.2, 0) is 17.8 Å². The smallest absolute Gasteiger partial charge is 0.227 e. The Bertz CT molecular complexity index is 739. The highest BCUT2D eigenvalue weighted by Crippen LogP contribution is 2.26. The van der Waals surface area contributed by atoms with Gasteiger partial charge in [0, 0.05) is 44.5 Å². The molecule has 0 saturated carbocycles. The number of carbonyl (C=O) groups excluding carboxylic acids is 1. The molecule has 1 amide bonds. The van der Waals surface area contributed by atoms with Crippen LogP contribution in [0.2, 0.25) is 0 Å². The maximum absolute atomic E-state index is 12.8. The van der Waals surface area contributed by atoms with Crippen molar-refractivity contribution in [2.75, 3.05) is 40.8 Å². The number of rotatable bonds is 7. The van der Waals surface area contributed by atoms with E-state index in [1.165, 1.54) is 0 Å². The molecule has 1 atom stereocenters. The van der Waals surface area contributed by atoms with E-state index < -0.39 is 0 Å². The van der Waals surface area contributed by atoms with Gasteiger partial charge in [-0.15, -0.1) is 0 Å². The first kappa shape index (κ1) is 19.4. The van der Waals surface area contributed by atoms with Crippen LogP contribution in [0, 0.1) is 0 Å². The molecule has 2 heterocycles. The number of likely N-dealkylation sites (tertiary alicyclic amines) is 1. The van der Waals surface area contributed by atoms with Crippen LogP contribution in [0.1, 0.15) is 30.1 Å². The Balaban J connectivity index is 1.62. The van der Waals surface area contributed by atoms with Gasteiger partial charge in [0.1, 0.15) is 11.6 Å². The van der Waals surface area contributed by atoms with E-state index in [2.05, 4.69) is 34.7 Å². The third-order valence-electron chi connectivity index (χ3n) is 5.19. The van der Waals surface area contributed by atoms with Crippen molar-refractivity contribution in [1.82, 2.24) is 19.4 Å². The second kappa shape index (κ2) is 9.04. The number of hydrogen-bond donors (Lipinski definition) is 0. The fourth-order valence-electron chi connectivity index (χ4n) is 3.62. The minimum Gasteiger partial charge on any atom is -0.497 e. The predicted molar refractivity (Wildman–Crippen MR) is 106 cm³/mol. The molecule has 1 aromatic heterocycles.